The lowest BCUT2D eigenvalue weighted by molar-refractivity contribution is 0.0781. The fourth-order valence-corrected chi connectivity index (χ4v) is 4.18. The molecule has 162 valence electrons. The van der Waals surface area contributed by atoms with E-state index in [9.17, 15) is 9.59 Å². The van der Waals surface area contributed by atoms with Crippen LogP contribution in [0, 0.1) is 6.92 Å². The molecule has 2 N–H and O–H groups in total. The fourth-order valence-electron chi connectivity index (χ4n) is 4.18. The van der Waals surface area contributed by atoms with E-state index in [1.54, 1.807) is 21.1 Å². The lowest BCUT2D eigenvalue weighted by Gasteiger charge is -2.17. The van der Waals surface area contributed by atoms with Gasteiger partial charge in [0.1, 0.15) is 11.5 Å². The molecule has 0 bridgehead atoms. The zero-order valence-corrected chi connectivity index (χ0v) is 18.0. The van der Waals surface area contributed by atoms with E-state index in [1.165, 1.54) is 6.20 Å². The highest BCUT2D eigenvalue weighted by Crippen LogP contribution is 2.37. The molecule has 2 amide bonds. The van der Waals surface area contributed by atoms with Crippen molar-refractivity contribution < 1.29 is 19.1 Å². The predicted octanol–water partition coefficient (Wildman–Crippen LogP) is 2.02. The van der Waals surface area contributed by atoms with Gasteiger partial charge in [-0.25, -0.2) is 9.97 Å². The number of hydrogen-bond acceptors (Lipinski definition) is 6. The van der Waals surface area contributed by atoms with E-state index >= 15 is 0 Å². The second kappa shape index (κ2) is 7.90. The first-order chi connectivity index (χ1) is 14.8. The largest absolute Gasteiger partial charge is 0.493 e. The molecule has 0 saturated carbocycles. The van der Waals surface area contributed by atoms with Crippen LogP contribution in [-0.4, -0.2) is 58.6 Å². The van der Waals surface area contributed by atoms with Gasteiger partial charge >= 0.3 is 0 Å². The third kappa shape index (κ3) is 3.45. The molecular formula is C22H25N5O4. The summed E-state index contributed by atoms with van der Waals surface area (Å²) in [6.07, 6.45) is 2.22. The lowest BCUT2D eigenvalue weighted by atomic mass is 10.1. The van der Waals surface area contributed by atoms with Crippen molar-refractivity contribution in [2.75, 3.05) is 27.3 Å². The van der Waals surface area contributed by atoms with Gasteiger partial charge in [0, 0.05) is 37.6 Å². The van der Waals surface area contributed by atoms with E-state index in [-0.39, 0.29) is 11.8 Å². The average Bonchev–Trinajstić information content (AvgIpc) is 3.37. The molecule has 1 aliphatic rings. The van der Waals surface area contributed by atoms with Gasteiger partial charge in [0.15, 0.2) is 11.5 Å². The molecule has 0 spiro atoms. The van der Waals surface area contributed by atoms with Crippen molar-refractivity contribution in [3.63, 3.8) is 0 Å². The summed E-state index contributed by atoms with van der Waals surface area (Å²) in [5, 5.41) is 0.824. The number of ether oxygens (including phenoxy) is 2. The maximum Gasteiger partial charge on any atom is 0.270 e. The number of carbonyl (C=O) groups is 2. The van der Waals surface area contributed by atoms with Gasteiger partial charge in [-0.1, -0.05) is 0 Å². The Balaban J connectivity index is 1.60. The quantitative estimate of drug-likeness (QED) is 0.672. The number of amides is 2. The van der Waals surface area contributed by atoms with Crippen LogP contribution >= 0.6 is 0 Å². The highest BCUT2D eigenvalue weighted by atomic mass is 16.5. The van der Waals surface area contributed by atoms with E-state index in [0.717, 1.165) is 17.3 Å². The molecule has 1 unspecified atom stereocenters. The second-order valence-electron chi connectivity index (χ2n) is 7.65. The molecule has 2 aromatic heterocycles. The summed E-state index contributed by atoms with van der Waals surface area (Å²) in [6.45, 7) is 2.85. The Morgan fingerprint density at radius 2 is 2.00 bits per heavy atom. The summed E-state index contributed by atoms with van der Waals surface area (Å²) in [4.78, 5) is 35.3. The zero-order valence-electron chi connectivity index (χ0n) is 18.0. The van der Waals surface area contributed by atoms with Gasteiger partial charge in [-0.2, -0.15) is 0 Å². The molecule has 31 heavy (non-hydrogen) atoms. The number of rotatable bonds is 5. The van der Waals surface area contributed by atoms with Crippen molar-refractivity contribution in [1.29, 1.82) is 0 Å². The van der Waals surface area contributed by atoms with Crippen molar-refractivity contribution in [3.8, 4) is 11.5 Å². The second-order valence-corrected chi connectivity index (χ2v) is 7.65. The number of methoxy groups -OCH3 is 2. The first kappa shape index (κ1) is 20.6. The summed E-state index contributed by atoms with van der Waals surface area (Å²) in [7, 11) is 5.04. The van der Waals surface area contributed by atoms with Crippen LogP contribution in [0.4, 0.5) is 0 Å². The van der Waals surface area contributed by atoms with Crippen LogP contribution in [0.5, 0.6) is 11.5 Å². The maximum absolute atomic E-state index is 13.3. The number of nitrogens with zero attached hydrogens (tertiary/aromatic N) is 4. The average molecular weight is 423 g/mol. The van der Waals surface area contributed by atoms with Crippen molar-refractivity contribution in [3.05, 3.63) is 47.2 Å². The molecule has 9 heteroatoms. The van der Waals surface area contributed by atoms with Gasteiger partial charge in [0.25, 0.3) is 11.8 Å². The normalized spacial score (nSPS) is 16.0. The molecule has 3 aromatic rings. The van der Waals surface area contributed by atoms with Crippen LogP contribution in [0.25, 0.3) is 10.9 Å². The zero-order chi connectivity index (χ0) is 22.3. The lowest BCUT2D eigenvalue weighted by Crippen LogP contribution is -2.30. The summed E-state index contributed by atoms with van der Waals surface area (Å²) in [5.74, 6) is 1.25. The minimum absolute atomic E-state index is 0.00823. The van der Waals surface area contributed by atoms with Crippen LogP contribution < -0.4 is 15.2 Å². The minimum atomic E-state index is -0.546. The molecule has 1 aromatic carbocycles. The topological polar surface area (TPSA) is 113 Å². The van der Waals surface area contributed by atoms with Crippen LogP contribution in [0.3, 0.4) is 0 Å². The molecule has 4 rings (SSSR count). The Morgan fingerprint density at radius 3 is 2.65 bits per heavy atom. The number of likely N-dealkylation sites (tertiary alicyclic amines) is 1. The van der Waals surface area contributed by atoms with Crippen LogP contribution in [0.2, 0.25) is 0 Å². The number of hydrogen-bond donors (Lipinski definition) is 1. The van der Waals surface area contributed by atoms with Crippen LogP contribution in [-0.2, 0) is 7.05 Å². The Bertz CT molecular complexity index is 1190. The maximum atomic E-state index is 13.3. The number of primary amides is 1. The molecule has 1 aliphatic heterocycles. The summed E-state index contributed by atoms with van der Waals surface area (Å²) >= 11 is 0. The van der Waals surface area contributed by atoms with Crippen LogP contribution in [0.15, 0.2) is 24.4 Å². The number of carbonyl (C=O) groups excluding carboxylic acids is 2. The molecule has 9 nitrogen and oxygen atoms in total. The number of benzene rings is 1. The smallest absolute Gasteiger partial charge is 0.270 e. The number of aryl methyl sites for hydroxylation is 2. The number of fused-ring (bicyclic) bond motifs is 1. The first-order valence-electron chi connectivity index (χ1n) is 9.98. The Morgan fingerprint density at radius 1 is 1.23 bits per heavy atom. The highest BCUT2D eigenvalue weighted by Gasteiger charge is 2.31. The van der Waals surface area contributed by atoms with Gasteiger partial charge in [0.05, 0.1) is 31.0 Å². The van der Waals surface area contributed by atoms with Crippen molar-refractivity contribution >= 4 is 22.7 Å². The number of aromatic nitrogens is 3. The molecule has 0 radical (unpaired) electrons. The molecule has 1 atom stereocenters. The first-order valence-corrected chi connectivity index (χ1v) is 9.98. The van der Waals surface area contributed by atoms with Crippen molar-refractivity contribution in [2.24, 2.45) is 12.8 Å². The third-order valence-corrected chi connectivity index (χ3v) is 5.89. The van der Waals surface area contributed by atoms with Crippen molar-refractivity contribution in [2.45, 2.75) is 19.3 Å². The van der Waals surface area contributed by atoms with Crippen LogP contribution in [0.1, 0.15) is 44.7 Å². The van der Waals surface area contributed by atoms with E-state index in [0.29, 0.717) is 47.4 Å². The van der Waals surface area contributed by atoms with E-state index in [1.807, 2.05) is 34.7 Å². The molecular weight excluding hydrogens is 398 g/mol. The summed E-state index contributed by atoms with van der Waals surface area (Å²) in [5.41, 5.74) is 7.66. The summed E-state index contributed by atoms with van der Waals surface area (Å²) in [6, 6.07) is 5.59. The van der Waals surface area contributed by atoms with E-state index in [4.69, 9.17) is 15.2 Å². The predicted molar refractivity (Wildman–Crippen MR) is 115 cm³/mol. The Labute approximate surface area is 179 Å². The molecule has 0 aliphatic carbocycles. The third-order valence-electron chi connectivity index (χ3n) is 5.89. The molecule has 1 fully saturated rings. The SMILES string of the molecule is COc1ccc2c(cc(C(=O)N3CCC(c4ncc(C(N)=O)c(C)n4)C3)n2C)c1OC. The molecule has 3 heterocycles. The Hall–Kier alpha value is -3.62. The Kier molecular flexibility index (Phi) is 5.26. The highest BCUT2D eigenvalue weighted by molar-refractivity contribution is 6.01. The van der Waals surface area contributed by atoms with Gasteiger partial charge in [-0.3, -0.25) is 9.59 Å². The van der Waals surface area contributed by atoms with Gasteiger partial charge in [-0.05, 0) is 31.5 Å². The standard InChI is InChI=1S/C22H25N5O4/c1-12-15(20(23)28)10-24-21(25-12)13-7-8-27(11-13)22(29)17-9-14-16(26(17)2)5-6-18(30-3)19(14)31-4/h5-6,9-10,13H,7-8,11H2,1-4H3,(H2,23,28). The number of nitrogens with two attached hydrogens (primary N) is 1. The monoisotopic (exact) mass is 423 g/mol. The van der Waals surface area contributed by atoms with Crippen molar-refractivity contribution in [1.82, 2.24) is 19.4 Å². The fraction of sp³-hybridized carbons (Fsp3) is 0.364. The van der Waals surface area contributed by atoms with Gasteiger partial charge < -0.3 is 24.7 Å². The summed E-state index contributed by atoms with van der Waals surface area (Å²) < 4.78 is 12.8. The minimum Gasteiger partial charge on any atom is -0.493 e. The van der Waals surface area contributed by atoms with Gasteiger partial charge in [0.2, 0.25) is 0 Å². The van der Waals surface area contributed by atoms with Gasteiger partial charge in [-0.15, -0.1) is 0 Å². The van der Waals surface area contributed by atoms with E-state index in [2.05, 4.69) is 9.97 Å². The van der Waals surface area contributed by atoms with E-state index < -0.39 is 5.91 Å². The molecule has 1 saturated heterocycles.